The Morgan fingerprint density at radius 3 is 2.31 bits per heavy atom. The first kappa shape index (κ1) is 24.1. The second-order valence-electron chi connectivity index (χ2n) is 9.36. The quantitative estimate of drug-likeness (QED) is 0.452. The van der Waals surface area contributed by atoms with Crippen molar-refractivity contribution in [1.29, 1.82) is 0 Å². The Bertz CT molecular complexity index is 1170. The monoisotopic (exact) mass is 484 g/mol. The van der Waals surface area contributed by atoms with Crippen molar-refractivity contribution in [2.75, 3.05) is 26.3 Å². The normalized spacial score (nSPS) is 21.2. The number of carbonyl (C=O) groups excluding carboxylic acids is 1. The molecule has 1 N–H and O–H groups in total. The van der Waals surface area contributed by atoms with Gasteiger partial charge in [-0.15, -0.1) is 0 Å². The number of ether oxygens (including phenoxy) is 2. The summed E-state index contributed by atoms with van der Waals surface area (Å²) in [6.45, 7) is 2.05. The second kappa shape index (κ2) is 11.0. The average molecular weight is 485 g/mol. The van der Waals surface area contributed by atoms with Crippen molar-refractivity contribution in [3.8, 4) is 5.75 Å². The SMILES string of the molecule is O=C(N1CCCC1)[C@]1(Cc2ccccc2)N=C(c2ccc(OCCCO)cc2)O[C@@H]1c1ccccc1. The van der Waals surface area contributed by atoms with Crippen LogP contribution >= 0.6 is 0 Å². The molecule has 1 saturated heterocycles. The van der Waals surface area contributed by atoms with Crippen LogP contribution in [0.15, 0.2) is 89.9 Å². The molecule has 2 aliphatic rings. The van der Waals surface area contributed by atoms with Crippen molar-refractivity contribution in [2.45, 2.75) is 37.3 Å². The molecular weight excluding hydrogens is 452 g/mol. The van der Waals surface area contributed by atoms with Gasteiger partial charge in [0, 0.05) is 38.1 Å². The molecule has 186 valence electrons. The van der Waals surface area contributed by atoms with Crippen LogP contribution in [0, 0.1) is 0 Å². The molecule has 0 unspecified atom stereocenters. The van der Waals surface area contributed by atoms with Gasteiger partial charge in [0.25, 0.3) is 5.91 Å². The zero-order valence-electron chi connectivity index (χ0n) is 20.4. The van der Waals surface area contributed by atoms with Gasteiger partial charge in [-0.3, -0.25) is 4.79 Å². The molecule has 3 aromatic rings. The van der Waals surface area contributed by atoms with E-state index in [1.165, 1.54) is 0 Å². The summed E-state index contributed by atoms with van der Waals surface area (Å²) < 4.78 is 12.2. The van der Waals surface area contributed by atoms with Gasteiger partial charge in [-0.1, -0.05) is 60.7 Å². The Morgan fingerprint density at radius 2 is 1.64 bits per heavy atom. The maximum absolute atomic E-state index is 14.2. The highest BCUT2D eigenvalue weighted by molar-refractivity contribution is 6.01. The van der Waals surface area contributed by atoms with E-state index in [-0.39, 0.29) is 12.5 Å². The molecule has 1 fully saturated rings. The Hall–Kier alpha value is -3.64. The molecule has 3 aromatic carbocycles. The van der Waals surface area contributed by atoms with E-state index in [2.05, 4.69) is 0 Å². The Kier molecular flexibility index (Phi) is 7.33. The summed E-state index contributed by atoms with van der Waals surface area (Å²) in [5.41, 5.74) is 1.68. The lowest BCUT2D eigenvalue weighted by atomic mass is 9.81. The zero-order chi connectivity index (χ0) is 24.8. The fourth-order valence-electron chi connectivity index (χ4n) is 5.00. The predicted octanol–water partition coefficient (Wildman–Crippen LogP) is 4.57. The van der Waals surface area contributed by atoms with Crippen molar-refractivity contribution in [1.82, 2.24) is 4.90 Å². The summed E-state index contributed by atoms with van der Waals surface area (Å²) >= 11 is 0. The minimum absolute atomic E-state index is 0.0247. The van der Waals surface area contributed by atoms with Crippen molar-refractivity contribution in [3.63, 3.8) is 0 Å². The summed E-state index contributed by atoms with van der Waals surface area (Å²) in [6, 6.07) is 27.6. The number of hydrogen-bond donors (Lipinski definition) is 1. The Balaban J connectivity index is 1.55. The van der Waals surface area contributed by atoms with Crippen LogP contribution < -0.4 is 4.74 Å². The van der Waals surface area contributed by atoms with Gasteiger partial charge in [-0.05, 0) is 48.2 Å². The first-order chi connectivity index (χ1) is 17.7. The van der Waals surface area contributed by atoms with Crippen molar-refractivity contribution in [2.24, 2.45) is 4.99 Å². The van der Waals surface area contributed by atoms with Gasteiger partial charge in [0.1, 0.15) is 5.75 Å². The molecule has 6 nitrogen and oxygen atoms in total. The number of nitrogens with zero attached hydrogens (tertiary/aromatic N) is 2. The third kappa shape index (κ3) is 5.00. The van der Waals surface area contributed by atoms with E-state index < -0.39 is 11.6 Å². The van der Waals surface area contributed by atoms with E-state index >= 15 is 0 Å². The topological polar surface area (TPSA) is 71.4 Å². The second-order valence-corrected chi connectivity index (χ2v) is 9.36. The van der Waals surface area contributed by atoms with E-state index in [4.69, 9.17) is 19.6 Å². The number of amides is 1. The van der Waals surface area contributed by atoms with Crippen LogP contribution in [0.2, 0.25) is 0 Å². The lowest BCUT2D eigenvalue weighted by molar-refractivity contribution is -0.138. The van der Waals surface area contributed by atoms with Gasteiger partial charge in [0.2, 0.25) is 5.90 Å². The smallest absolute Gasteiger partial charge is 0.255 e. The van der Waals surface area contributed by atoms with Gasteiger partial charge in [-0.25, -0.2) is 4.99 Å². The van der Waals surface area contributed by atoms with E-state index in [1.807, 2.05) is 89.8 Å². The number of carbonyl (C=O) groups is 1. The number of rotatable bonds is 9. The van der Waals surface area contributed by atoms with Crippen LogP contribution in [0.25, 0.3) is 0 Å². The van der Waals surface area contributed by atoms with Crippen molar-refractivity contribution in [3.05, 3.63) is 102 Å². The van der Waals surface area contributed by atoms with E-state index in [1.54, 1.807) is 0 Å². The van der Waals surface area contributed by atoms with E-state index in [0.29, 0.717) is 31.1 Å². The number of aliphatic hydroxyl groups is 1. The Labute approximate surface area is 212 Å². The van der Waals surface area contributed by atoms with Crippen LogP contribution in [0.5, 0.6) is 5.75 Å². The summed E-state index contributed by atoms with van der Waals surface area (Å²) in [5, 5.41) is 8.99. The van der Waals surface area contributed by atoms with E-state index in [9.17, 15) is 4.79 Å². The molecule has 0 aliphatic carbocycles. The van der Waals surface area contributed by atoms with Gasteiger partial charge in [0.05, 0.1) is 6.61 Å². The molecule has 0 aromatic heterocycles. The maximum Gasteiger partial charge on any atom is 0.255 e. The van der Waals surface area contributed by atoms with E-state index in [0.717, 1.165) is 42.6 Å². The highest BCUT2D eigenvalue weighted by Crippen LogP contribution is 2.44. The first-order valence-electron chi connectivity index (χ1n) is 12.7. The minimum atomic E-state index is -1.10. The van der Waals surface area contributed by atoms with Crippen molar-refractivity contribution < 1.29 is 19.4 Å². The number of aliphatic imine (C=N–C) groups is 1. The zero-order valence-corrected chi connectivity index (χ0v) is 20.4. The molecule has 0 spiro atoms. The summed E-state index contributed by atoms with van der Waals surface area (Å²) in [5.74, 6) is 1.21. The minimum Gasteiger partial charge on any atom is -0.494 e. The number of aliphatic hydroxyl groups excluding tert-OH is 1. The molecule has 5 rings (SSSR count). The van der Waals surface area contributed by atoms with Gasteiger partial charge < -0.3 is 19.5 Å². The molecular formula is C30H32N2O4. The van der Waals surface area contributed by atoms with Crippen LogP contribution in [-0.4, -0.2) is 53.7 Å². The predicted molar refractivity (Wildman–Crippen MR) is 139 cm³/mol. The molecule has 0 bridgehead atoms. The fraction of sp³-hybridized carbons (Fsp3) is 0.333. The lowest BCUT2D eigenvalue weighted by Crippen LogP contribution is -2.50. The fourth-order valence-corrected chi connectivity index (χ4v) is 5.00. The third-order valence-corrected chi connectivity index (χ3v) is 6.82. The number of likely N-dealkylation sites (tertiary alicyclic amines) is 1. The van der Waals surface area contributed by atoms with Gasteiger partial charge in [0.15, 0.2) is 11.6 Å². The molecule has 36 heavy (non-hydrogen) atoms. The summed E-state index contributed by atoms with van der Waals surface area (Å²) in [6.07, 6.45) is 2.52. The standard InChI is InChI=1S/C30H32N2O4/c33-20-9-21-35-26-16-14-25(15-17-26)28-31-30(22-23-10-3-1-4-11-23,29(34)32-18-7-8-19-32)27(36-28)24-12-5-2-6-13-24/h1-6,10-17,27,33H,7-9,18-22H2/t27-,30-/m1/s1. The molecule has 2 aliphatic heterocycles. The summed E-state index contributed by atoms with van der Waals surface area (Å²) in [4.78, 5) is 21.3. The number of hydrogen-bond acceptors (Lipinski definition) is 5. The first-order valence-corrected chi connectivity index (χ1v) is 12.7. The molecule has 2 atom stereocenters. The molecule has 2 heterocycles. The maximum atomic E-state index is 14.2. The summed E-state index contributed by atoms with van der Waals surface area (Å²) in [7, 11) is 0. The largest absolute Gasteiger partial charge is 0.494 e. The lowest BCUT2D eigenvalue weighted by Gasteiger charge is -2.34. The van der Waals surface area contributed by atoms with Crippen LogP contribution in [0.4, 0.5) is 0 Å². The highest BCUT2D eigenvalue weighted by Gasteiger charge is 2.55. The Morgan fingerprint density at radius 1 is 0.972 bits per heavy atom. The molecule has 0 radical (unpaired) electrons. The van der Waals surface area contributed by atoms with Crippen molar-refractivity contribution >= 4 is 11.8 Å². The van der Waals surface area contributed by atoms with Crippen LogP contribution in [0.1, 0.15) is 42.1 Å². The molecule has 0 saturated carbocycles. The average Bonchev–Trinajstić information content (AvgIpc) is 3.59. The highest BCUT2D eigenvalue weighted by atomic mass is 16.5. The molecule has 1 amide bonds. The number of benzene rings is 3. The van der Waals surface area contributed by atoms with Gasteiger partial charge >= 0.3 is 0 Å². The molecule has 6 heteroatoms. The van der Waals surface area contributed by atoms with Crippen LogP contribution in [0.3, 0.4) is 0 Å². The van der Waals surface area contributed by atoms with Crippen LogP contribution in [-0.2, 0) is 16.0 Å². The third-order valence-electron chi connectivity index (χ3n) is 6.82. The van der Waals surface area contributed by atoms with Gasteiger partial charge in [-0.2, -0.15) is 0 Å².